The zero-order valence-corrected chi connectivity index (χ0v) is 8.80. The Morgan fingerprint density at radius 1 is 1.42 bits per heavy atom. The number of hydrogen-bond acceptors (Lipinski definition) is 1. The van der Waals surface area contributed by atoms with E-state index in [1.165, 1.54) is 12.8 Å². The van der Waals surface area contributed by atoms with Crippen LogP contribution in [-0.4, -0.2) is 11.2 Å². The lowest BCUT2D eigenvalue weighted by Gasteiger charge is -2.44. The first-order chi connectivity index (χ1) is 5.47. The van der Waals surface area contributed by atoms with Crippen LogP contribution in [0.2, 0.25) is 0 Å². The minimum Gasteiger partial charge on any atom is -0.393 e. The molecule has 0 aromatic rings. The van der Waals surface area contributed by atoms with Crippen LogP contribution in [0.15, 0.2) is 0 Å². The lowest BCUT2D eigenvalue weighted by atomic mass is 9.64. The summed E-state index contributed by atoms with van der Waals surface area (Å²) in [6.07, 6.45) is 3.38. The zero-order chi connectivity index (χ0) is 9.35. The molecule has 1 rings (SSSR count). The average Bonchev–Trinajstić information content (AvgIpc) is 1.97. The molecule has 0 radical (unpaired) electrons. The molecule has 0 aliphatic heterocycles. The van der Waals surface area contributed by atoms with Gasteiger partial charge in [0.1, 0.15) is 0 Å². The summed E-state index contributed by atoms with van der Waals surface area (Å²) >= 11 is 0. The molecule has 0 heterocycles. The molecule has 12 heavy (non-hydrogen) atoms. The van der Waals surface area contributed by atoms with Gasteiger partial charge in [-0.15, -0.1) is 0 Å². The second kappa shape index (κ2) is 3.37. The predicted molar refractivity (Wildman–Crippen MR) is 52.0 cm³/mol. The maximum Gasteiger partial charge on any atom is 0.0598 e. The highest BCUT2D eigenvalue weighted by Crippen LogP contribution is 2.43. The average molecular weight is 170 g/mol. The number of hydrogen-bond donors (Lipinski definition) is 1. The zero-order valence-electron chi connectivity index (χ0n) is 8.80. The fraction of sp³-hybridized carbons (Fsp3) is 1.00. The van der Waals surface area contributed by atoms with Crippen LogP contribution >= 0.6 is 0 Å². The smallest absolute Gasteiger partial charge is 0.0598 e. The molecule has 0 aromatic heterocycles. The third kappa shape index (κ3) is 1.66. The van der Waals surface area contributed by atoms with E-state index in [-0.39, 0.29) is 11.5 Å². The van der Waals surface area contributed by atoms with Crippen LogP contribution < -0.4 is 0 Å². The molecule has 1 saturated carbocycles. The molecule has 0 amide bonds. The Morgan fingerprint density at radius 3 is 2.42 bits per heavy atom. The molecule has 1 heteroatoms. The monoisotopic (exact) mass is 170 g/mol. The molecule has 0 aromatic carbocycles. The van der Waals surface area contributed by atoms with Crippen molar-refractivity contribution < 1.29 is 5.11 Å². The van der Waals surface area contributed by atoms with E-state index in [1.54, 1.807) is 0 Å². The molecule has 1 nitrogen and oxygen atoms in total. The topological polar surface area (TPSA) is 20.2 Å². The van der Waals surface area contributed by atoms with Crippen molar-refractivity contribution in [3.63, 3.8) is 0 Å². The second-order valence-corrected chi connectivity index (χ2v) is 5.06. The fourth-order valence-electron chi connectivity index (χ4n) is 2.17. The molecule has 3 atom stereocenters. The van der Waals surface area contributed by atoms with Crippen molar-refractivity contribution in [3.05, 3.63) is 0 Å². The Kier molecular flexibility index (Phi) is 2.82. The lowest BCUT2D eigenvalue weighted by Crippen LogP contribution is -2.41. The van der Waals surface area contributed by atoms with E-state index in [9.17, 15) is 5.11 Å². The van der Waals surface area contributed by atoms with E-state index in [2.05, 4.69) is 27.7 Å². The normalized spacial score (nSPS) is 43.5. The summed E-state index contributed by atoms with van der Waals surface area (Å²) in [6.45, 7) is 8.91. The van der Waals surface area contributed by atoms with Gasteiger partial charge in [-0.2, -0.15) is 0 Å². The maximum atomic E-state index is 9.97. The van der Waals surface area contributed by atoms with E-state index < -0.39 is 0 Å². The van der Waals surface area contributed by atoms with E-state index >= 15 is 0 Å². The first-order valence-electron chi connectivity index (χ1n) is 5.15. The van der Waals surface area contributed by atoms with Crippen LogP contribution in [0.3, 0.4) is 0 Å². The molecule has 0 unspecified atom stereocenters. The van der Waals surface area contributed by atoms with Gasteiger partial charge in [-0.05, 0) is 36.5 Å². The van der Waals surface area contributed by atoms with Crippen molar-refractivity contribution in [2.45, 2.75) is 53.1 Å². The molecule has 0 saturated heterocycles. The van der Waals surface area contributed by atoms with Crippen molar-refractivity contribution in [3.8, 4) is 0 Å². The quantitative estimate of drug-likeness (QED) is 0.641. The fourth-order valence-corrected chi connectivity index (χ4v) is 2.17. The highest BCUT2D eigenvalue weighted by atomic mass is 16.3. The second-order valence-electron chi connectivity index (χ2n) is 5.06. The van der Waals surface area contributed by atoms with Crippen LogP contribution in [0, 0.1) is 17.3 Å². The molecule has 1 aliphatic carbocycles. The maximum absolute atomic E-state index is 9.97. The number of aliphatic hydroxyl groups is 1. The minimum absolute atomic E-state index is 0.0822. The molecular formula is C11H22O. The molecule has 1 fully saturated rings. The summed E-state index contributed by atoms with van der Waals surface area (Å²) in [5.41, 5.74) is 0.173. The first-order valence-corrected chi connectivity index (χ1v) is 5.15. The van der Waals surface area contributed by atoms with E-state index in [0.717, 1.165) is 6.42 Å². The van der Waals surface area contributed by atoms with Gasteiger partial charge in [0, 0.05) is 0 Å². The van der Waals surface area contributed by atoms with Gasteiger partial charge >= 0.3 is 0 Å². The van der Waals surface area contributed by atoms with Gasteiger partial charge in [0.05, 0.1) is 6.10 Å². The van der Waals surface area contributed by atoms with Crippen molar-refractivity contribution >= 4 is 0 Å². The van der Waals surface area contributed by atoms with E-state index in [4.69, 9.17) is 0 Å². The van der Waals surface area contributed by atoms with Crippen LogP contribution in [0.5, 0.6) is 0 Å². The van der Waals surface area contributed by atoms with Gasteiger partial charge in [0.25, 0.3) is 0 Å². The van der Waals surface area contributed by atoms with Gasteiger partial charge in [-0.25, -0.2) is 0 Å². The van der Waals surface area contributed by atoms with Crippen molar-refractivity contribution in [1.29, 1.82) is 0 Å². The predicted octanol–water partition coefficient (Wildman–Crippen LogP) is 2.83. The SMILES string of the molecule is CC(C)[C@@]1(C)CC[C@@H](C)C[C@H]1O. The highest BCUT2D eigenvalue weighted by Gasteiger charge is 2.39. The highest BCUT2D eigenvalue weighted by molar-refractivity contribution is 4.90. The molecular weight excluding hydrogens is 148 g/mol. The van der Waals surface area contributed by atoms with E-state index in [0.29, 0.717) is 11.8 Å². The first kappa shape index (κ1) is 10.0. The van der Waals surface area contributed by atoms with Gasteiger partial charge in [-0.1, -0.05) is 27.7 Å². The largest absolute Gasteiger partial charge is 0.393 e. The van der Waals surface area contributed by atoms with Crippen molar-refractivity contribution in [1.82, 2.24) is 0 Å². The number of aliphatic hydroxyl groups excluding tert-OH is 1. The summed E-state index contributed by atoms with van der Waals surface area (Å²) in [5, 5.41) is 9.97. The van der Waals surface area contributed by atoms with Crippen LogP contribution in [-0.2, 0) is 0 Å². The van der Waals surface area contributed by atoms with Crippen molar-refractivity contribution in [2.75, 3.05) is 0 Å². The lowest BCUT2D eigenvalue weighted by molar-refractivity contribution is -0.0453. The summed E-state index contributed by atoms with van der Waals surface area (Å²) < 4.78 is 0. The molecule has 1 aliphatic rings. The molecule has 1 N–H and O–H groups in total. The van der Waals surface area contributed by atoms with Gasteiger partial charge in [-0.3, -0.25) is 0 Å². The molecule has 0 bridgehead atoms. The van der Waals surface area contributed by atoms with Gasteiger partial charge < -0.3 is 5.11 Å². The third-order valence-corrected chi connectivity index (χ3v) is 3.88. The van der Waals surface area contributed by atoms with Gasteiger partial charge in [0.2, 0.25) is 0 Å². The molecule has 0 spiro atoms. The summed E-state index contributed by atoms with van der Waals surface area (Å²) in [4.78, 5) is 0. The summed E-state index contributed by atoms with van der Waals surface area (Å²) in [6, 6.07) is 0. The Labute approximate surface area is 76.2 Å². The van der Waals surface area contributed by atoms with Crippen LogP contribution in [0.4, 0.5) is 0 Å². The standard InChI is InChI=1S/C11H22O/c1-8(2)11(4)6-5-9(3)7-10(11)12/h8-10,12H,5-7H2,1-4H3/t9-,10-,11-/m1/s1. The third-order valence-electron chi connectivity index (χ3n) is 3.88. The van der Waals surface area contributed by atoms with E-state index in [1.807, 2.05) is 0 Å². The Morgan fingerprint density at radius 2 is 2.00 bits per heavy atom. The van der Waals surface area contributed by atoms with Crippen LogP contribution in [0.1, 0.15) is 47.0 Å². The summed E-state index contributed by atoms with van der Waals surface area (Å²) in [5.74, 6) is 1.31. The Hall–Kier alpha value is -0.0400. The van der Waals surface area contributed by atoms with Gasteiger partial charge in [0.15, 0.2) is 0 Å². The molecule has 72 valence electrons. The minimum atomic E-state index is -0.0822. The Bertz CT molecular complexity index is 153. The number of rotatable bonds is 1. The van der Waals surface area contributed by atoms with Crippen LogP contribution in [0.25, 0.3) is 0 Å². The summed E-state index contributed by atoms with van der Waals surface area (Å²) in [7, 11) is 0. The Balaban J connectivity index is 2.66. The van der Waals surface area contributed by atoms with Crippen molar-refractivity contribution in [2.24, 2.45) is 17.3 Å².